The van der Waals surface area contributed by atoms with Gasteiger partial charge in [-0.2, -0.15) is 0 Å². The summed E-state index contributed by atoms with van der Waals surface area (Å²) in [5.41, 5.74) is 1.01. The van der Waals surface area contributed by atoms with E-state index in [1.807, 2.05) is 0 Å². The van der Waals surface area contributed by atoms with Crippen LogP contribution in [0.15, 0.2) is 18.2 Å². The zero-order valence-electron chi connectivity index (χ0n) is 8.51. The number of hydrogen-bond donors (Lipinski definition) is 0. The monoisotopic (exact) mass is 354 g/mol. The molecule has 0 saturated heterocycles. The summed E-state index contributed by atoms with van der Waals surface area (Å²) >= 11 is 6.37. The van der Waals surface area contributed by atoms with Gasteiger partial charge in [0.1, 0.15) is 0 Å². The summed E-state index contributed by atoms with van der Waals surface area (Å²) in [5, 5.41) is 0.383. The first-order chi connectivity index (χ1) is 7.47. The number of Topliss-reactive ketones (excluding diaryl/α,β-unsaturated/α-hetero) is 1. The smallest absolute Gasteiger partial charge is 0.263 e. The van der Waals surface area contributed by atoms with Crippen LogP contribution < -0.4 is 0 Å². The molecule has 0 aliphatic carbocycles. The second-order valence-electron chi connectivity index (χ2n) is 3.33. The van der Waals surface area contributed by atoms with Crippen LogP contribution >= 0.6 is 31.9 Å². The second-order valence-corrected chi connectivity index (χ2v) is 5.27. The van der Waals surface area contributed by atoms with E-state index in [0.717, 1.165) is 0 Å². The third kappa shape index (κ3) is 3.10. The predicted octanol–water partition coefficient (Wildman–Crippen LogP) is 4.49. The zero-order chi connectivity index (χ0) is 12.3. The molecule has 16 heavy (non-hydrogen) atoms. The van der Waals surface area contributed by atoms with E-state index in [1.165, 1.54) is 18.2 Å². The van der Waals surface area contributed by atoms with E-state index >= 15 is 0 Å². The maximum absolute atomic E-state index is 12.5. The fourth-order valence-electron chi connectivity index (χ4n) is 1.31. The first kappa shape index (κ1) is 13.8. The summed E-state index contributed by atoms with van der Waals surface area (Å²) < 4.78 is 24.9. The minimum absolute atomic E-state index is 0.0618. The van der Waals surface area contributed by atoms with E-state index in [9.17, 15) is 13.6 Å². The molecule has 5 heteroatoms. The maximum atomic E-state index is 12.5. The molecule has 0 radical (unpaired) electrons. The van der Waals surface area contributed by atoms with Crippen molar-refractivity contribution >= 4 is 37.6 Å². The van der Waals surface area contributed by atoms with Gasteiger partial charge in [0.2, 0.25) is 0 Å². The van der Waals surface area contributed by atoms with Gasteiger partial charge in [0.15, 0.2) is 5.78 Å². The van der Waals surface area contributed by atoms with Crippen LogP contribution in [0.3, 0.4) is 0 Å². The molecule has 1 aromatic rings. The first-order valence-electron chi connectivity index (χ1n) is 4.62. The summed E-state index contributed by atoms with van der Waals surface area (Å²) in [6.45, 7) is 1.71. The molecule has 0 aliphatic rings. The van der Waals surface area contributed by atoms with Gasteiger partial charge < -0.3 is 0 Å². The van der Waals surface area contributed by atoms with Crippen LogP contribution in [0.2, 0.25) is 0 Å². The van der Waals surface area contributed by atoms with Gasteiger partial charge in [0.25, 0.3) is 6.43 Å². The van der Waals surface area contributed by atoms with Crippen molar-refractivity contribution in [2.45, 2.75) is 23.5 Å². The molecular formula is C11H10Br2F2O. The molecule has 0 bridgehead atoms. The minimum Gasteiger partial charge on any atom is -0.293 e. The number of carbonyl (C=O) groups excluding carboxylic acids is 1. The Morgan fingerprint density at radius 2 is 2.06 bits per heavy atom. The lowest BCUT2D eigenvalue weighted by Crippen LogP contribution is -2.12. The van der Waals surface area contributed by atoms with Crippen molar-refractivity contribution in [3.8, 4) is 0 Å². The van der Waals surface area contributed by atoms with Gasteiger partial charge in [-0.1, -0.05) is 44.0 Å². The summed E-state index contributed by atoms with van der Waals surface area (Å²) in [6, 6.07) is 4.11. The lowest BCUT2D eigenvalue weighted by atomic mass is 10.0. The Bertz CT molecular complexity index is 392. The maximum Gasteiger partial charge on any atom is 0.263 e. The second kappa shape index (κ2) is 5.87. The Morgan fingerprint density at radius 3 is 2.50 bits per heavy atom. The van der Waals surface area contributed by atoms with E-state index in [1.54, 1.807) is 6.92 Å². The van der Waals surface area contributed by atoms with Gasteiger partial charge in [0, 0.05) is 16.5 Å². The molecule has 1 aromatic carbocycles. The zero-order valence-corrected chi connectivity index (χ0v) is 11.7. The summed E-state index contributed by atoms with van der Waals surface area (Å²) in [6.07, 6.45) is -2.51. The van der Waals surface area contributed by atoms with Crippen molar-refractivity contribution in [3.05, 3.63) is 34.9 Å². The molecule has 88 valence electrons. The van der Waals surface area contributed by atoms with Crippen molar-refractivity contribution in [1.82, 2.24) is 0 Å². The Hall–Kier alpha value is -0.290. The van der Waals surface area contributed by atoms with E-state index in [2.05, 4.69) is 31.9 Å². The van der Waals surface area contributed by atoms with Crippen molar-refractivity contribution in [3.63, 3.8) is 0 Å². The first-order valence-corrected chi connectivity index (χ1v) is 6.66. The Balaban J connectivity index is 3.17. The van der Waals surface area contributed by atoms with Crippen LogP contribution in [0.5, 0.6) is 0 Å². The average molecular weight is 356 g/mol. The van der Waals surface area contributed by atoms with E-state index in [4.69, 9.17) is 0 Å². The van der Waals surface area contributed by atoms with Crippen LogP contribution in [0.4, 0.5) is 8.78 Å². The van der Waals surface area contributed by atoms with Crippen molar-refractivity contribution in [2.24, 2.45) is 0 Å². The molecule has 0 fully saturated rings. The molecule has 1 rings (SSSR count). The number of ketones is 1. The van der Waals surface area contributed by atoms with Gasteiger partial charge >= 0.3 is 0 Å². The molecule has 0 aromatic heterocycles. The topological polar surface area (TPSA) is 17.1 Å². The van der Waals surface area contributed by atoms with Gasteiger partial charge in [0.05, 0.1) is 4.83 Å². The molecule has 0 N–H and O–H groups in total. The number of halogens is 4. The number of rotatable bonds is 4. The van der Waals surface area contributed by atoms with Crippen molar-refractivity contribution < 1.29 is 13.6 Å². The average Bonchev–Trinajstić information content (AvgIpc) is 2.26. The SMILES string of the molecule is CC(Br)C(=O)c1ccc(C(F)F)cc1CBr. The predicted molar refractivity (Wildman–Crippen MR) is 66.7 cm³/mol. The van der Waals surface area contributed by atoms with Crippen LogP contribution in [-0.2, 0) is 5.33 Å². The largest absolute Gasteiger partial charge is 0.293 e. The normalized spacial score (nSPS) is 12.9. The standard InChI is InChI=1S/C11H10Br2F2O/c1-6(13)10(16)9-3-2-7(11(14)15)4-8(9)5-12/h2-4,6,11H,5H2,1H3. The van der Waals surface area contributed by atoms with Crippen LogP contribution in [0.1, 0.15) is 34.8 Å². The summed E-state index contributed by atoms with van der Waals surface area (Å²) in [4.78, 5) is 11.4. The van der Waals surface area contributed by atoms with Gasteiger partial charge in [-0.15, -0.1) is 0 Å². The summed E-state index contributed by atoms with van der Waals surface area (Å²) in [7, 11) is 0. The van der Waals surface area contributed by atoms with Crippen molar-refractivity contribution in [1.29, 1.82) is 0 Å². The molecule has 0 saturated carbocycles. The quantitative estimate of drug-likeness (QED) is 0.574. The molecule has 0 amide bonds. The van der Waals surface area contributed by atoms with Gasteiger partial charge in [-0.3, -0.25) is 4.79 Å². The fourth-order valence-corrected chi connectivity index (χ4v) is 2.03. The molecular weight excluding hydrogens is 346 g/mol. The van der Waals surface area contributed by atoms with Crippen molar-refractivity contribution in [2.75, 3.05) is 0 Å². The van der Waals surface area contributed by atoms with Gasteiger partial charge in [-0.25, -0.2) is 8.78 Å². The number of hydrogen-bond acceptors (Lipinski definition) is 1. The lowest BCUT2D eigenvalue weighted by Gasteiger charge is -2.10. The highest BCUT2D eigenvalue weighted by Crippen LogP contribution is 2.24. The lowest BCUT2D eigenvalue weighted by molar-refractivity contribution is 0.0994. The van der Waals surface area contributed by atoms with Crippen LogP contribution in [0.25, 0.3) is 0 Å². The van der Waals surface area contributed by atoms with Gasteiger partial charge in [-0.05, 0) is 18.6 Å². The number of benzene rings is 1. The van der Waals surface area contributed by atoms with Crippen LogP contribution in [-0.4, -0.2) is 10.6 Å². The Labute approximate surface area is 109 Å². The molecule has 1 nitrogen and oxygen atoms in total. The number of alkyl halides is 4. The molecule has 0 heterocycles. The molecule has 1 unspecified atom stereocenters. The highest BCUT2D eigenvalue weighted by atomic mass is 79.9. The minimum atomic E-state index is -2.51. The highest BCUT2D eigenvalue weighted by Gasteiger charge is 2.17. The number of carbonyl (C=O) groups is 1. The third-order valence-electron chi connectivity index (χ3n) is 2.15. The van der Waals surface area contributed by atoms with Crippen LogP contribution in [0, 0.1) is 0 Å². The molecule has 0 spiro atoms. The Kier molecular flexibility index (Phi) is 5.05. The van der Waals surface area contributed by atoms with E-state index in [0.29, 0.717) is 16.5 Å². The van der Waals surface area contributed by atoms with E-state index < -0.39 is 6.43 Å². The highest BCUT2D eigenvalue weighted by molar-refractivity contribution is 9.10. The fraction of sp³-hybridized carbons (Fsp3) is 0.364. The molecule has 1 atom stereocenters. The third-order valence-corrected chi connectivity index (χ3v) is 3.17. The summed E-state index contributed by atoms with van der Waals surface area (Å²) in [5.74, 6) is -0.102. The molecule has 0 aliphatic heterocycles. The Morgan fingerprint density at radius 1 is 1.44 bits per heavy atom. The van der Waals surface area contributed by atoms with E-state index in [-0.39, 0.29) is 16.2 Å².